The van der Waals surface area contributed by atoms with E-state index in [1.54, 1.807) is 19.0 Å². The first-order valence-electron chi connectivity index (χ1n) is 8.51. The maximum absolute atomic E-state index is 11.7. The summed E-state index contributed by atoms with van der Waals surface area (Å²) in [5, 5.41) is 6.72. The summed E-state index contributed by atoms with van der Waals surface area (Å²) < 4.78 is 0. The summed E-state index contributed by atoms with van der Waals surface area (Å²) in [6.45, 7) is 4.94. The van der Waals surface area contributed by atoms with Gasteiger partial charge in [0.05, 0.1) is 0 Å². The molecular weight excluding hydrogens is 304 g/mol. The fraction of sp³-hybridized carbons (Fsp3) is 0.588. The molecule has 1 fully saturated rings. The first kappa shape index (κ1) is 18.0. The van der Waals surface area contributed by atoms with E-state index in [0.717, 1.165) is 38.3 Å². The number of guanidine groups is 1. The van der Waals surface area contributed by atoms with E-state index < -0.39 is 0 Å². The topological polar surface area (TPSA) is 72.9 Å². The van der Waals surface area contributed by atoms with Crippen LogP contribution < -0.4 is 15.5 Å². The Kier molecular flexibility index (Phi) is 6.84. The average molecular weight is 332 g/mol. The van der Waals surface area contributed by atoms with Crippen LogP contribution >= 0.6 is 0 Å². The highest BCUT2D eigenvalue weighted by Gasteiger charge is 2.24. The lowest BCUT2D eigenvalue weighted by Crippen LogP contribution is -2.45. The minimum absolute atomic E-state index is 0.00543. The second-order valence-electron chi connectivity index (χ2n) is 6.14. The molecule has 0 saturated carbocycles. The molecular formula is C17H28N6O. The molecule has 7 heteroatoms. The first-order valence-corrected chi connectivity index (χ1v) is 8.51. The molecule has 0 bridgehead atoms. The molecule has 1 unspecified atom stereocenters. The van der Waals surface area contributed by atoms with Crippen molar-refractivity contribution in [1.29, 1.82) is 0 Å². The van der Waals surface area contributed by atoms with Gasteiger partial charge in [0.1, 0.15) is 12.4 Å². The Bertz CT molecular complexity index is 545. The molecule has 1 amide bonds. The molecule has 7 nitrogen and oxygen atoms in total. The van der Waals surface area contributed by atoms with E-state index in [-0.39, 0.29) is 12.5 Å². The Morgan fingerprint density at radius 2 is 2.29 bits per heavy atom. The van der Waals surface area contributed by atoms with E-state index in [0.29, 0.717) is 12.0 Å². The number of nitrogens with one attached hydrogen (secondary N) is 2. The Labute approximate surface area is 144 Å². The Balaban J connectivity index is 1.92. The van der Waals surface area contributed by atoms with E-state index in [9.17, 15) is 4.79 Å². The summed E-state index contributed by atoms with van der Waals surface area (Å²) in [6.07, 6.45) is 3.84. The summed E-state index contributed by atoms with van der Waals surface area (Å²) in [7, 11) is 3.48. The predicted molar refractivity (Wildman–Crippen MR) is 97.3 cm³/mol. The van der Waals surface area contributed by atoms with E-state index in [1.807, 2.05) is 24.4 Å². The van der Waals surface area contributed by atoms with E-state index >= 15 is 0 Å². The fourth-order valence-electron chi connectivity index (χ4n) is 2.50. The van der Waals surface area contributed by atoms with Crippen molar-refractivity contribution in [2.45, 2.75) is 25.8 Å². The van der Waals surface area contributed by atoms with Crippen LogP contribution in [0.15, 0.2) is 29.4 Å². The molecule has 0 aliphatic carbocycles. The largest absolute Gasteiger partial charge is 0.356 e. The third-order valence-corrected chi connectivity index (χ3v) is 3.92. The molecule has 24 heavy (non-hydrogen) atoms. The van der Waals surface area contributed by atoms with Gasteiger partial charge in [0.15, 0.2) is 5.96 Å². The van der Waals surface area contributed by atoms with E-state index in [4.69, 9.17) is 0 Å². The summed E-state index contributed by atoms with van der Waals surface area (Å²) >= 11 is 0. The van der Waals surface area contributed by atoms with Crippen LogP contribution in [0.4, 0.5) is 5.82 Å². The molecule has 1 aromatic rings. The van der Waals surface area contributed by atoms with Crippen molar-refractivity contribution < 1.29 is 4.79 Å². The molecule has 1 aliphatic rings. The summed E-state index contributed by atoms with van der Waals surface area (Å²) in [6, 6.07) is 6.26. The van der Waals surface area contributed by atoms with Crippen molar-refractivity contribution in [3.8, 4) is 0 Å². The number of hydrogen-bond acceptors (Lipinski definition) is 4. The third kappa shape index (κ3) is 5.40. The number of anilines is 1. The van der Waals surface area contributed by atoms with Crippen LogP contribution in [-0.2, 0) is 4.79 Å². The Hall–Kier alpha value is -2.31. The smallest absolute Gasteiger partial charge is 0.243 e. The first-order chi connectivity index (χ1) is 11.6. The number of amides is 1. The Morgan fingerprint density at radius 1 is 1.46 bits per heavy atom. The molecule has 2 N–H and O–H groups in total. The van der Waals surface area contributed by atoms with Crippen molar-refractivity contribution in [1.82, 2.24) is 20.5 Å². The highest BCUT2D eigenvalue weighted by Crippen LogP contribution is 2.17. The van der Waals surface area contributed by atoms with Gasteiger partial charge in [-0.1, -0.05) is 13.0 Å². The van der Waals surface area contributed by atoms with Gasteiger partial charge in [0.25, 0.3) is 0 Å². The zero-order valence-corrected chi connectivity index (χ0v) is 14.8. The quantitative estimate of drug-likeness (QED) is 0.592. The summed E-state index contributed by atoms with van der Waals surface area (Å²) in [5.41, 5.74) is 0. The number of carbonyl (C=O) groups excluding carboxylic acids is 1. The van der Waals surface area contributed by atoms with Gasteiger partial charge in [0.2, 0.25) is 5.91 Å². The molecule has 0 radical (unpaired) electrons. The van der Waals surface area contributed by atoms with Crippen LogP contribution in [0.2, 0.25) is 0 Å². The SMILES string of the molecule is CCCNC(=NCC(=O)N(C)C)NC1CCN(c2ccccn2)C1. The van der Waals surface area contributed by atoms with Crippen molar-refractivity contribution in [3.05, 3.63) is 24.4 Å². The van der Waals surface area contributed by atoms with Crippen LogP contribution in [0.25, 0.3) is 0 Å². The van der Waals surface area contributed by atoms with Crippen molar-refractivity contribution >= 4 is 17.7 Å². The lowest BCUT2D eigenvalue weighted by Gasteiger charge is -2.20. The zero-order valence-electron chi connectivity index (χ0n) is 14.8. The van der Waals surface area contributed by atoms with Crippen molar-refractivity contribution in [2.24, 2.45) is 4.99 Å². The number of carbonyl (C=O) groups is 1. The third-order valence-electron chi connectivity index (χ3n) is 3.92. The van der Waals surface area contributed by atoms with Crippen LogP contribution in [0, 0.1) is 0 Å². The molecule has 1 aliphatic heterocycles. The number of likely N-dealkylation sites (N-methyl/N-ethyl adjacent to an activating group) is 1. The number of pyridine rings is 1. The minimum atomic E-state index is -0.00543. The molecule has 0 spiro atoms. The number of aromatic nitrogens is 1. The summed E-state index contributed by atoms with van der Waals surface area (Å²) in [4.78, 5) is 24.4. The highest BCUT2D eigenvalue weighted by atomic mass is 16.2. The standard InChI is InChI=1S/C17H28N6O/c1-4-9-19-17(20-12-16(24)22(2)3)21-14-8-11-23(13-14)15-7-5-6-10-18-15/h5-7,10,14H,4,8-9,11-13H2,1-3H3,(H2,19,20,21). The van der Waals surface area contributed by atoms with Gasteiger partial charge in [-0.15, -0.1) is 0 Å². The molecule has 132 valence electrons. The van der Waals surface area contributed by atoms with Gasteiger partial charge in [0, 0.05) is 46.0 Å². The van der Waals surface area contributed by atoms with Gasteiger partial charge in [-0.3, -0.25) is 4.79 Å². The average Bonchev–Trinajstić information content (AvgIpc) is 3.06. The minimum Gasteiger partial charge on any atom is -0.356 e. The second kappa shape index (κ2) is 9.10. The molecule has 2 heterocycles. The van der Waals surface area contributed by atoms with Gasteiger partial charge < -0.3 is 20.4 Å². The maximum atomic E-state index is 11.7. The van der Waals surface area contributed by atoms with Crippen LogP contribution in [0.5, 0.6) is 0 Å². The molecule has 1 aromatic heterocycles. The van der Waals surface area contributed by atoms with Crippen molar-refractivity contribution in [3.63, 3.8) is 0 Å². The van der Waals surface area contributed by atoms with E-state index in [2.05, 4.69) is 32.4 Å². The monoisotopic (exact) mass is 332 g/mol. The molecule has 1 saturated heterocycles. The molecule has 2 rings (SSSR count). The van der Waals surface area contributed by atoms with Gasteiger partial charge in [-0.2, -0.15) is 0 Å². The normalized spacial score (nSPS) is 17.7. The van der Waals surface area contributed by atoms with Gasteiger partial charge >= 0.3 is 0 Å². The van der Waals surface area contributed by atoms with Gasteiger partial charge in [-0.05, 0) is 25.0 Å². The highest BCUT2D eigenvalue weighted by molar-refractivity contribution is 5.85. The van der Waals surface area contributed by atoms with Crippen molar-refractivity contribution in [2.75, 3.05) is 45.2 Å². The van der Waals surface area contributed by atoms with E-state index in [1.165, 1.54) is 0 Å². The molecule has 0 aromatic carbocycles. The van der Waals surface area contributed by atoms with Crippen LogP contribution in [0.1, 0.15) is 19.8 Å². The van der Waals surface area contributed by atoms with Crippen LogP contribution in [0.3, 0.4) is 0 Å². The number of nitrogens with zero attached hydrogens (tertiary/aromatic N) is 4. The zero-order chi connectivity index (χ0) is 17.4. The predicted octanol–water partition coefficient (Wildman–Crippen LogP) is 0.694. The maximum Gasteiger partial charge on any atom is 0.243 e. The number of hydrogen-bond donors (Lipinski definition) is 2. The second-order valence-corrected chi connectivity index (χ2v) is 6.14. The lowest BCUT2D eigenvalue weighted by atomic mass is 10.3. The van der Waals surface area contributed by atoms with Gasteiger partial charge in [-0.25, -0.2) is 9.98 Å². The Morgan fingerprint density at radius 3 is 2.96 bits per heavy atom. The van der Waals surface area contributed by atoms with Crippen LogP contribution in [-0.4, -0.2) is 68.1 Å². The number of rotatable bonds is 6. The summed E-state index contributed by atoms with van der Waals surface area (Å²) in [5.74, 6) is 1.71. The number of aliphatic imine (C=N–C) groups is 1. The fourth-order valence-corrected chi connectivity index (χ4v) is 2.50. The molecule has 1 atom stereocenters. The lowest BCUT2D eigenvalue weighted by molar-refractivity contribution is -0.127.